The average Bonchev–Trinajstić information content (AvgIpc) is 2.46. The zero-order valence-electron chi connectivity index (χ0n) is 14.5. The van der Waals surface area contributed by atoms with E-state index in [4.69, 9.17) is 23.2 Å². The Hall–Kier alpha value is -1.52. The van der Waals surface area contributed by atoms with E-state index in [1.165, 1.54) is 4.90 Å². The Morgan fingerprint density at radius 3 is 2.38 bits per heavy atom. The molecule has 6 heteroatoms. The maximum absolute atomic E-state index is 11.8. The first-order chi connectivity index (χ1) is 11.1. The van der Waals surface area contributed by atoms with Gasteiger partial charge < -0.3 is 10.0 Å². The van der Waals surface area contributed by atoms with Crippen molar-refractivity contribution in [2.45, 2.75) is 38.1 Å². The highest BCUT2D eigenvalue weighted by Gasteiger charge is 2.37. The van der Waals surface area contributed by atoms with Crippen molar-refractivity contribution in [2.24, 2.45) is 4.99 Å². The molecule has 0 heterocycles. The van der Waals surface area contributed by atoms with E-state index in [9.17, 15) is 9.90 Å². The van der Waals surface area contributed by atoms with Crippen molar-refractivity contribution in [3.63, 3.8) is 0 Å². The van der Waals surface area contributed by atoms with Crippen LogP contribution in [-0.2, 0) is 5.41 Å². The molecule has 132 valence electrons. The first-order valence-electron chi connectivity index (χ1n) is 7.57. The number of hydrogen-bond donors (Lipinski definition) is 1. The van der Waals surface area contributed by atoms with E-state index in [0.717, 1.165) is 5.56 Å². The number of amides is 1. The van der Waals surface area contributed by atoms with Crippen molar-refractivity contribution in [1.29, 1.82) is 0 Å². The maximum Gasteiger partial charge on any atom is 0.407 e. The molecule has 1 aromatic rings. The van der Waals surface area contributed by atoms with Gasteiger partial charge in [0.25, 0.3) is 0 Å². The van der Waals surface area contributed by atoms with Crippen LogP contribution in [0.3, 0.4) is 0 Å². The van der Waals surface area contributed by atoms with Gasteiger partial charge in [-0.2, -0.15) is 0 Å². The maximum atomic E-state index is 11.8. The van der Waals surface area contributed by atoms with Crippen LogP contribution in [0.15, 0.2) is 35.8 Å². The quantitative estimate of drug-likeness (QED) is 0.546. The first-order valence-corrected chi connectivity index (χ1v) is 8.33. The number of aliphatic imine (C=N–C) groups is 1. The highest BCUT2D eigenvalue weighted by Crippen LogP contribution is 2.34. The van der Waals surface area contributed by atoms with Crippen LogP contribution in [0.25, 0.3) is 0 Å². The van der Waals surface area contributed by atoms with Crippen LogP contribution in [0, 0.1) is 0 Å². The number of carbonyl (C=O) groups is 1. The van der Waals surface area contributed by atoms with Crippen molar-refractivity contribution in [3.8, 4) is 0 Å². The smallest absolute Gasteiger partial charge is 0.407 e. The molecule has 0 bridgehead atoms. The summed E-state index contributed by atoms with van der Waals surface area (Å²) < 4.78 is 0. The molecule has 0 aliphatic carbocycles. The van der Waals surface area contributed by atoms with Gasteiger partial charge in [-0.25, -0.2) is 4.79 Å². The fourth-order valence-electron chi connectivity index (χ4n) is 2.63. The molecule has 0 aromatic heterocycles. The van der Waals surface area contributed by atoms with E-state index in [1.807, 2.05) is 26.8 Å². The first kappa shape index (κ1) is 20.5. The number of rotatable bonds is 6. The Kier molecular flexibility index (Phi) is 6.87. The van der Waals surface area contributed by atoms with Crippen LogP contribution in [0.5, 0.6) is 0 Å². The standard InChI is InChI=1S/C18H24Cl2N2O2/c1-6-9-18(11-21-5,12-22(16(23)24)17(2,3)4)13-7-8-14(19)15(20)10-13/h6-8,10-11H,1,9,12H2,2-5H3,(H,23,24)/t18-/m1/s1. The van der Waals surface area contributed by atoms with Gasteiger partial charge in [0.15, 0.2) is 0 Å². The van der Waals surface area contributed by atoms with Gasteiger partial charge in [0.2, 0.25) is 0 Å². The lowest BCUT2D eigenvalue weighted by atomic mass is 9.77. The van der Waals surface area contributed by atoms with Crippen LogP contribution in [0.1, 0.15) is 32.8 Å². The second-order valence-electron chi connectivity index (χ2n) is 6.70. The lowest BCUT2D eigenvalue weighted by Crippen LogP contribution is -2.52. The van der Waals surface area contributed by atoms with Gasteiger partial charge in [-0.3, -0.25) is 4.99 Å². The van der Waals surface area contributed by atoms with E-state index >= 15 is 0 Å². The molecule has 0 saturated heterocycles. The van der Waals surface area contributed by atoms with Crippen LogP contribution >= 0.6 is 23.2 Å². The van der Waals surface area contributed by atoms with Crippen molar-refractivity contribution in [3.05, 3.63) is 46.5 Å². The Bertz CT molecular complexity index is 638. The second-order valence-corrected chi connectivity index (χ2v) is 7.52. The molecule has 1 atom stereocenters. The minimum absolute atomic E-state index is 0.229. The summed E-state index contributed by atoms with van der Waals surface area (Å²) in [5, 5.41) is 10.5. The van der Waals surface area contributed by atoms with E-state index < -0.39 is 17.0 Å². The zero-order chi connectivity index (χ0) is 18.5. The fourth-order valence-corrected chi connectivity index (χ4v) is 2.92. The third kappa shape index (κ3) is 4.74. The van der Waals surface area contributed by atoms with Gasteiger partial charge >= 0.3 is 6.09 Å². The normalized spacial score (nSPS) is 14.4. The molecule has 0 fully saturated rings. The van der Waals surface area contributed by atoms with Gasteiger partial charge in [-0.05, 0) is 44.9 Å². The lowest BCUT2D eigenvalue weighted by Gasteiger charge is -2.41. The van der Waals surface area contributed by atoms with Crippen LogP contribution in [0.4, 0.5) is 4.79 Å². The minimum Gasteiger partial charge on any atom is -0.465 e. The Morgan fingerprint density at radius 2 is 1.96 bits per heavy atom. The van der Waals surface area contributed by atoms with Crippen molar-refractivity contribution < 1.29 is 9.90 Å². The molecule has 1 amide bonds. The summed E-state index contributed by atoms with van der Waals surface area (Å²) in [6, 6.07) is 5.32. The summed E-state index contributed by atoms with van der Waals surface area (Å²) in [6.45, 7) is 9.63. The van der Waals surface area contributed by atoms with Gasteiger partial charge in [-0.1, -0.05) is 35.3 Å². The number of nitrogens with zero attached hydrogens (tertiary/aromatic N) is 2. The Morgan fingerprint density at radius 1 is 1.33 bits per heavy atom. The van der Waals surface area contributed by atoms with E-state index in [-0.39, 0.29) is 6.54 Å². The van der Waals surface area contributed by atoms with Gasteiger partial charge in [0.1, 0.15) is 0 Å². The van der Waals surface area contributed by atoms with Crippen LogP contribution in [-0.4, -0.2) is 41.4 Å². The van der Waals surface area contributed by atoms with Crippen molar-refractivity contribution >= 4 is 35.5 Å². The number of halogens is 2. The molecule has 0 unspecified atom stereocenters. The van der Waals surface area contributed by atoms with Gasteiger partial charge in [0, 0.05) is 25.3 Å². The topological polar surface area (TPSA) is 52.9 Å². The molecule has 1 aromatic carbocycles. The second kappa shape index (κ2) is 8.04. The summed E-state index contributed by atoms with van der Waals surface area (Å²) in [6.07, 6.45) is 3.05. The molecule has 1 rings (SSSR count). The molecule has 24 heavy (non-hydrogen) atoms. The lowest BCUT2D eigenvalue weighted by molar-refractivity contribution is 0.0910. The predicted molar refractivity (Wildman–Crippen MR) is 102 cm³/mol. The van der Waals surface area contributed by atoms with Gasteiger partial charge in [0.05, 0.1) is 15.5 Å². The minimum atomic E-state index is -0.986. The van der Waals surface area contributed by atoms with E-state index in [2.05, 4.69) is 11.6 Å². The van der Waals surface area contributed by atoms with E-state index in [0.29, 0.717) is 16.5 Å². The molecule has 1 N–H and O–H groups in total. The predicted octanol–water partition coefficient (Wildman–Crippen LogP) is 5.29. The van der Waals surface area contributed by atoms with Gasteiger partial charge in [-0.15, -0.1) is 6.58 Å². The number of benzene rings is 1. The Balaban J connectivity index is 3.50. The summed E-state index contributed by atoms with van der Waals surface area (Å²) in [5.74, 6) is 0. The van der Waals surface area contributed by atoms with Crippen molar-refractivity contribution in [1.82, 2.24) is 4.90 Å². The molecule has 0 aliphatic rings. The summed E-state index contributed by atoms with van der Waals surface area (Å²) >= 11 is 12.2. The number of allylic oxidation sites excluding steroid dienone is 1. The molecule has 0 aliphatic heterocycles. The van der Waals surface area contributed by atoms with Crippen molar-refractivity contribution in [2.75, 3.05) is 13.6 Å². The third-order valence-electron chi connectivity index (χ3n) is 3.86. The highest BCUT2D eigenvalue weighted by atomic mass is 35.5. The summed E-state index contributed by atoms with van der Waals surface area (Å²) in [5.41, 5.74) is -0.384. The Labute approximate surface area is 153 Å². The largest absolute Gasteiger partial charge is 0.465 e. The zero-order valence-corrected chi connectivity index (χ0v) is 16.0. The number of carboxylic acid groups (broad SMARTS) is 1. The van der Waals surface area contributed by atoms with Crippen LogP contribution in [0.2, 0.25) is 10.0 Å². The van der Waals surface area contributed by atoms with E-state index in [1.54, 1.807) is 31.5 Å². The SMILES string of the molecule is C=CC[C@@](C=NC)(CN(C(=O)O)C(C)(C)C)c1ccc(Cl)c(Cl)c1. The summed E-state index contributed by atoms with van der Waals surface area (Å²) in [4.78, 5) is 17.4. The molecular formula is C18H24Cl2N2O2. The number of hydrogen-bond acceptors (Lipinski definition) is 2. The molecule has 0 saturated carbocycles. The molecule has 0 radical (unpaired) electrons. The highest BCUT2D eigenvalue weighted by molar-refractivity contribution is 6.42. The summed E-state index contributed by atoms with van der Waals surface area (Å²) in [7, 11) is 1.66. The third-order valence-corrected chi connectivity index (χ3v) is 4.60. The van der Waals surface area contributed by atoms with Crippen LogP contribution < -0.4 is 0 Å². The average molecular weight is 371 g/mol. The molecule has 0 spiro atoms. The monoisotopic (exact) mass is 370 g/mol. The molecular weight excluding hydrogens is 347 g/mol. The fraction of sp³-hybridized carbons (Fsp3) is 0.444. The molecule has 4 nitrogen and oxygen atoms in total.